The second-order valence-electron chi connectivity index (χ2n) is 5.56. The molecular weight excluding hydrogens is 293 g/mol. The summed E-state index contributed by atoms with van der Waals surface area (Å²) in [5.74, 6) is -1.78. The number of fused-ring (bicyclic) bond motifs is 2. The number of hydrogen-bond acceptors (Lipinski definition) is 2. The van der Waals surface area contributed by atoms with Gasteiger partial charge < -0.3 is 4.90 Å². The Kier molecular flexibility index (Phi) is 2.98. The Balaban J connectivity index is 1.73. The minimum absolute atomic E-state index is 0.135. The summed E-state index contributed by atoms with van der Waals surface area (Å²) >= 11 is 0. The lowest BCUT2D eigenvalue weighted by Gasteiger charge is -2.17. The summed E-state index contributed by atoms with van der Waals surface area (Å²) in [5.41, 5.74) is 1.52. The van der Waals surface area contributed by atoms with Gasteiger partial charge in [0.25, 0.3) is 11.7 Å². The normalized spacial score (nSPS) is 13.7. The van der Waals surface area contributed by atoms with Crippen molar-refractivity contribution < 1.29 is 14.0 Å². The zero-order valence-electron chi connectivity index (χ0n) is 12.1. The Morgan fingerprint density at radius 1 is 0.870 bits per heavy atom. The first-order valence-corrected chi connectivity index (χ1v) is 7.27. The maximum absolute atomic E-state index is 13.3. The molecule has 0 saturated carbocycles. The van der Waals surface area contributed by atoms with Crippen LogP contribution in [0.1, 0.15) is 15.9 Å². The van der Waals surface area contributed by atoms with E-state index in [1.165, 1.54) is 17.0 Å². The van der Waals surface area contributed by atoms with Gasteiger partial charge >= 0.3 is 0 Å². The minimum atomic E-state index is -0.653. The van der Waals surface area contributed by atoms with Crippen molar-refractivity contribution in [3.63, 3.8) is 0 Å². The van der Waals surface area contributed by atoms with E-state index >= 15 is 0 Å². The van der Waals surface area contributed by atoms with Crippen LogP contribution in [0.2, 0.25) is 0 Å². The number of anilines is 1. The van der Waals surface area contributed by atoms with Crippen LogP contribution in [0.5, 0.6) is 0 Å². The fourth-order valence-electron chi connectivity index (χ4n) is 2.95. The third-order valence-electron chi connectivity index (χ3n) is 4.09. The molecule has 0 aliphatic carbocycles. The van der Waals surface area contributed by atoms with E-state index in [1.807, 2.05) is 42.5 Å². The average Bonchev–Trinajstić information content (AvgIpc) is 2.79. The molecule has 0 N–H and O–H groups in total. The lowest BCUT2D eigenvalue weighted by atomic mass is 10.1. The fraction of sp³-hybridized carbons (Fsp3) is 0.0526. The third-order valence-corrected chi connectivity index (χ3v) is 4.09. The molecule has 1 aliphatic heterocycles. The van der Waals surface area contributed by atoms with Gasteiger partial charge in [0.2, 0.25) is 0 Å². The first-order valence-electron chi connectivity index (χ1n) is 7.27. The van der Waals surface area contributed by atoms with Crippen molar-refractivity contribution in [1.82, 2.24) is 0 Å². The Morgan fingerprint density at radius 3 is 2.48 bits per heavy atom. The van der Waals surface area contributed by atoms with E-state index in [1.54, 1.807) is 0 Å². The zero-order chi connectivity index (χ0) is 16.0. The van der Waals surface area contributed by atoms with Gasteiger partial charge in [-0.3, -0.25) is 9.59 Å². The van der Waals surface area contributed by atoms with Crippen LogP contribution in [0.25, 0.3) is 10.8 Å². The van der Waals surface area contributed by atoms with E-state index in [-0.39, 0.29) is 12.1 Å². The molecule has 1 amide bonds. The van der Waals surface area contributed by atoms with Crippen LogP contribution in [-0.4, -0.2) is 11.7 Å². The summed E-state index contributed by atoms with van der Waals surface area (Å²) < 4.78 is 13.3. The number of rotatable bonds is 2. The van der Waals surface area contributed by atoms with E-state index in [0.29, 0.717) is 5.69 Å². The molecule has 0 unspecified atom stereocenters. The van der Waals surface area contributed by atoms with Crippen molar-refractivity contribution in [2.75, 3.05) is 4.90 Å². The number of halogens is 1. The molecule has 23 heavy (non-hydrogen) atoms. The van der Waals surface area contributed by atoms with Gasteiger partial charge in [-0.25, -0.2) is 4.39 Å². The number of carbonyl (C=O) groups is 2. The van der Waals surface area contributed by atoms with E-state index < -0.39 is 17.5 Å². The summed E-state index contributed by atoms with van der Waals surface area (Å²) in [6.07, 6.45) is 0. The lowest BCUT2D eigenvalue weighted by Crippen LogP contribution is -2.29. The molecule has 3 nitrogen and oxygen atoms in total. The quantitative estimate of drug-likeness (QED) is 0.677. The summed E-state index contributed by atoms with van der Waals surface area (Å²) in [4.78, 5) is 25.6. The molecule has 4 rings (SSSR count). The molecule has 4 heteroatoms. The zero-order valence-corrected chi connectivity index (χ0v) is 12.1. The molecule has 0 atom stereocenters. The average molecular weight is 305 g/mol. The summed E-state index contributed by atoms with van der Waals surface area (Å²) in [6.45, 7) is 0.286. The van der Waals surface area contributed by atoms with Crippen LogP contribution in [0.3, 0.4) is 0 Å². The number of benzene rings is 3. The standard InChI is InChI=1S/C19H12FNO2/c20-15-7-8-17-16(10-15)18(22)19(23)21(17)11-12-5-6-13-3-1-2-4-14(13)9-12/h1-10H,11H2. The van der Waals surface area contributed by atoms with Crippen LogP contribution in [-0.2, 0) is 11.3 Å². The number of ketones is 1. The second-order valence-corrected chi connectivity index (χ2v) is 5.56. The molecule has 1 heterocycles. The second kappa shape index (κ2) is 5.02. The predicted molar refractivity (Wildman–Crippen MR) is 85.9 cm³/mol. The molecular formula is C19H12FNO2. The topological polar surface area (TPSA) is 37.4 Å². The number of hydrogen-bond donors (Lipinski definition) is 0. The highest BCUT2D eigenvalue weighted by Gasteiger charge is 2.35. The minimum Gasteiger partial charge on any atom is -0.300 e. The van der Waals surface area contributed by atoms with Gasteiger partial charge in [-0.05, 0) is 40.6 Å². The van der Waals surface area contributed by atoms with Crippen molar-refractivity contribution in [3.8, 4) is 0 Å². The van der Waals surface area contributed by atoms with Crippen molar-refractivity contribution >= 4 is 28.2 Å². The SMILES string of the molecule is O=C1C(=O)N(Cc2ccc3ccccc3c2)c2ccc(F)cc21. The smallest absolute Gasteiger partial charge is 0.299 e. The predicted octanol–water partition coefficient (Wildman–Crippen LogP) is 3.71. The summed E-state index contributed by atoms with van der Waals surface area (Å²) in [5, 5.41) is 2.19. The highest BCUT2D eigenvalue weighted by atomic mass is 19.1. The van der Waals surface area contributed by atoms with Gasteiger partial charge in [-0.1, -0.05) is 36.4 Å². The molecule has 0 aromatic heterocycles. The maximum atomic E-state index is 13.3. The number of amides is 1. The van der Waals surface area contributed by atoms with Gasteiger partial charge in [0.05, 0.1) is 17.8 Å². The molecule has 0 fully saturated rings. The number of nitrogens with zero attached hydrogens (tertiary/aromatic N) is 1. The lowest BCUT2D eigenvalue weighted by molar-refractivity contribution is -0.114. The van der Waals surface area contributed by atoms with Crippen molar-refractivity contribution in [2.24, 2.45) is 0 Å². The molecule has 3 aromatic carbocycles. The Labute approximate surface area is 132 Å². The van der Waals surface area contributed by atoms with Crippen LogP contribution >= 0.6 is 0 Å². The fourth-order valence-corrected chi connectivity index (χ4v) is 2.95. The van der Waals surface area contributed by atoms with Crippen molar-refractivity contribution in [1.29, 1.82) is 0 Å². The van der Waals surface area contributed by atoms with Gasteiger partial charge in [0, 0.05) is 0 Å². The van der Waals surface area contributed by atoms with Crippen molar-refractivity contribution in [2.45, 2.75) is 6.54 Å². The highest BCUT2D eigenvalue weighted by Crippen LogP contribution is 2.31. The molecule has 0 radical (unpaired) electrons. The van der Waals surface area contributed by atoms with E-state index in [2.05, 4.69) is 0 Å². The number of Topliss-reactive ketones (excluding diaryl/α,β-unsaturated/α-hetero) is 1. The molecule has 0 saturated heterocycles. The Bertz CT molecular complexity index is 964. The van der Waals surface area contributed by atoms with Gasteiger partial charge in [0.1, 0.15) is 5.82 Å². The molecule has 0 bridgehead atoms. The number of carbonyl (C=O) groups excluding carboxylic acids is 2. The third kappa shape index (κ3) is 2.19. The first kappa shape index (κ1) is 13.6. The molecule has 112 valence electrons. The Hall–Kier alpha value is -3.01. The molecule has 3 aromatic rings. The Morgan fingerprint density at radius 2 is 1.65 bits per heavy atom. The van der Waals surface area contributed by atoms with Gasteiger partial charge in [-0.15, -0.1) is 0 Å². The van der Waals surface area contributed by atoms with Gasteiger partial charge in [-0.2, -0.15) is 0 Å². The monoisotopic (exact) mass is 305 g/mol. The summed E-state index contributed by atoms with van der Waals surface area (Å²) in [7, 11) is 0. The van der Waals surface area contributed by atoms with E-state index in [0.717, 1.165) is 22.4 Å². The van der Waals surface area contributed by atoms with Crippen LogP contribution in [0.15, 0.2) is 60.7 Å². The first-order chi connectivity index (χ1) is 11.1. The highest BCUT2D eigenvalue weighted by molar-refractivity contribution is 6.52. The van der Waals surface area contributed by atoms with Gasteiger partial charge in [0.15, 0.2) is 0 Å². The summed E-state index contributed by atoms with van der Waals surface area (Å²) in [6, 6.07) is 17.7. The molecule has 1 aliphatic rings. The van der Waals surface area contributed by atoms with E-state index in [4.69, 9.17) is 0 Å². The van der Waals surface area contributed by atoms with Crippen LogP contribution in [0.4, 0.5) is 10.1 Å². The maximum Gasteiger partial charge on any atom is 0.299 e. The molecule has 0 spiro atoms. The van der Waals surface area contributed by atoms with Crippen LogP contribution in [0, 0.1) is 5.82 Å². The van der Waals surface area contributed by atoms with E-state index in [9.17, 15) is 14.0 Å². The van der Waals surface area contributed by atoms with Crippen LogP contribution < -0.4 is 4.90 Å². The van der Waals surface area contributed by atoms with Crippen molar-refractivity contribution in [3.05, 3.63) is 77.6 Å². The largest absolute Gasteiger partial charge is 0.300 e.